The lowest BCUT2D eigenvalue weighted by Crippen LogP contribution is -2.46. The van der Waals surface area contributed by atoms with Gasteiger partial charge in [-0.2, -0.15) is 5.26 Å². The van der Waals surface area contributed by atoms with Gasteiger partial charge in [-0.15, -0.1) is 0 Å². The van der Waals surface area contributed by atoms with Gasteiger partial charge in [0.15, 0.2) is 5.78 Å². The van der Waals surface area contributed by atoms with Gasteiger partial charge in [-0.1, -0.05) is 23.7 Å². The molecule has 9 nitrogen and oxygen atoms in total. The number of amides is 2. The van der Waals surface area contributed by atoms with Crippen molar-refractivity contribution in [1.82, 2.24) is 4.90 Å². The molecular weight excluding hydrogens is 460 g/mol. The SMILES string of the molecule is N#CC1=C[C@@H]2[C@@H]3C(=O)N(c4ccc(Cl)cc4)C(=O)[C@H]3[C@@H](C(=O)c3cccc([N+](=O)[O-])c3)N2C=C1. The fourth-order valence-corrected chi connectivity index (χ4v) is 5.04. The Hall–Kier alpha value is -4.29. The molecule has 2 amide bonds. The van der Waals surface area contributed by atoms with Gasteiger partial charge in [0.25, 0.3) is 5.69 Å². The number of hydrogen-bond acceptors (Lipinski definition) is 7. The van der Waals surface area contributed by atoms with Crippen LogP contribution < -0.4 is 4.90 Å². The highest BCUT2D eigenvalue weighted by Crippen LogP contribution is 2.47. The van der Waals surface area contributed by atoms with E-state index in [4.69, 9.17) is 11.6 Å². The molecule has 0 aromatic heterocycles. The zero-order valence-electron chi connectivity index (χ0n) is 17.4. The van der Waals surface area contributed by atoms with Crippen molar-refractivity contribution in [3.05, 3.63) is 93.2 Å². The molecule has 34 heavy (non-hydrogen) atoms. The topological polar surface area (TPSA) is 125 Å². The fraction of sp³-hybridized carbons (Fsp3) is 0.167. The molecule has 0 bridgehead atoms. The van der Waals surface area contributed by atoms with Gasteiger partial charge in [-0.05, 0) is 36.4 Å². The Morgan fingerprint density at radius 2 is 1.79 bits per heavy atom. The molecule has 0 unspecified atom stereocenters. The van der Waals surface area contributed by atoms with E-state index in [1.165, 1.54) is 30.5 Å². The van der Waals surface area contributed by atoms with Crippen molar-refractivity contribution in [3.8, 4) is 6.07 Å². The summed E-state index contributed by atoms with van der Waals surface area (Å²) in [6.07, 6.45) is 4.63. The van der Waals surface area contributed by atoms with Gasteiger partial charge in [0, 0.05) is 28.9 Å². The van der Waals surface area contributed by atoms with Crippen molar-refractivity contribution < 1.29 is 19.3 Å². The molecule has 168 valence electrons. The number of anilines is 1. The first-order chi connectivity index (χ1) is 16.3. The molecule has 0 N–H and O–H groups in total. The Bertz CT molecular complexity index is 1360. The van der Waals surface area contributed by atoms with Gasteiger partial charge in [-0.3, -0.25) is 24.5 Å². The molecule has 0 saturated carbocycles. The smallest absolute Gasteiger partial charge is 0.270 e. The molecule has 2 aromatic rings. The van der Waals surface area contributed by atoms with Crippen LogP contribution in [-0.2, 0) is 9.59 Å². The summed E-state index contributed by atoms with van der Waals surface area (Å²) in [4.78, 5) is 54.0. The first-order valence-corrected chi connectivity index (χ1v) is 10.7. The van der Waals surface area contributed by atoms with Gasteiger partial charge in [0.05, 0.1) is 40.1 Å². The monoisotopic (exact) mass is 474 g/mol. The second-order valence-electron chi connectivity index (χ2n) is 8.14. The van der Waals surface area contributed by atoms with Crippen LogP contribution in [0.4, 0.5) is 11.4 Å². The van der Waals surface area contributed by atoms with E-state index in [9.17, 15) is 29.8 Å². The molecule has 0 radical (unpaired) electrons. The van der Waals surface area contributed by atoms with Gasteiger partial charge in [0.1, 0.15) is 6.04 Å². The number of nitrogens with zero attached hydrogens (tertiary/aromatic N) is 4. The third-order valence-corrected chi connectivity index (χ3v) is 6.62. The van der Waals surface area contributed by atoms with Crippen molar-refractivity contribution in [2.75, 3.05) is 4.90 Å². The Balaban J connectivity index is 1.60. The Labute approximate surface area is 198 Å². The number of allylic oxidation sites excluding steroid dienone is 2. The number of carbonyl (C=O) groups excluding carboxylic acids is 3. The predicted molar refractivity (Wildman–Crippen MR) is 121 cm³/mol. The second-order valence-corrected chi connectivity index (χ2v) is 8.58. The molecule has 3 aliphatic rings. The standard InChI is InChI=1S/C24H15ClN4O5/c25-15-4-6-16(7-5-15)28-23(31)19-18-10-13(12-26)8-9-27(18)21(20(19)24(28)32)22(30)14-2-1-3-17(11-14)29(33)34/h1-11,18-21H/t18-,19+,20-,21+/m1/s1. The van der Waals surface area contributed by atoms with Crippen molar-refractivity contribution in [3.63, 3.8) is 0 Å². The van der Waals surface area contributed by atoms with Crippen LogP contribution in [0, 0.1) is 33.3 Å². The van der Waals surface area contributed by atoms with E-state index in [0.717, 1.165) is 11.0 Å². The molecule has 2 saturated heterocycles. The first kappa shape index (κ1) is 21.6. The maximum Gasteiger partial charge on any atom is 0.270 e. The number of hydrogen-bond donors (Lipinski definition) is 0. The Morgan fingerprint density at radius 3 is 2.47 bits per heavy atom. The number of halogens is 1. The molecule has 2 aromatic carbocycles. The van der Waals surface area contributed by atoms with Crippen LogP contribution >= 0.6 is 11.6 Å². The molecule has 0 aliphatic carbocycles. The minimum absolute atomic E-state index is 0.0623. The molecule has 3 aliphatic heterocycles. The Morgan fingerprint density at radius 1 is 1.09 bits per heavy atom. The summed E-state index contributed by atoms with van der Waals surface area (Å²) in [5, 5.41) is 21.0. The summed E-state index contributed by atoms with van der Waals surface area (Å²) in [5.41, 5.74) is 0.452. The number of ketones is 1. The maximum absolute atomic E-state index is 13.6. The van der Waals surface area contributed by atoms with E-state index in [-0.39, 0.29) is 11.3 Å². The van der Waals surface area contributed by atoms with Crippen molar-refractivity contribution in [2.45, 2.75) is 12.1 Å². The number of rotatable bonds is 4. The van der Waals surface area contributed by atoms with Gasteiger partial charge >= 0.3 is 0 Å². The number of carbonyl (C=O) groups is 3. The molecule has 0 spiro atoms. The van der Waals surface area contributed by atoms with Gasteiger partial charge in [0.2, 0.25) is 11.8 Å². The summed E-state index contributed by atoms with van der Waals surface area (Å²) < 4.78 is 0. The number of nitriles is 1. The second kappa shape index (κ2) is 7.93. The largest absolute Gasteiger partial charge is 0.359 e. The van der Waals surface area contributed by atoms with Crippen molar-refractivity contribution in [2.24, 2.45) is 11.8 Å². The minimum atomic E-state index is -1.07. The Kier molecular flexibility index (Phi) is 5.03. The van der Waals surface area contributed by atoms with Crippen LogP contribution in [0.3, 0.4) is 0 Å². The molecule has 3 heterocycles. The van der Waals surface area contributed by atoms with Crippen LogP contribution in [0.25, 0.3) is 0 Å². The van der Waals surface area contributed by atoms with E-state index in [1.54, 1.807) is 35.2 Å². The van der Waals surface area contributed by atoms with E-state index >= 15 is 0 Å². The van der Waals surface area contributed by atoms with Gasteiger partial charge < -0.3 is 4.90 Å². The lowest BCUT2D eigenvalue weighted by Gasteiger charge is -2.32. The van der Waals surface area contributed by atoms with Crippen LogP contribution in [0.5, 0.6) is 0 Å². The molecule has 4 atom stereocenters. The summed E-state index contributed by atoms with van der Waals surface area (Å²) in [6, 6.07) is 11.8. The first-order valence-electron chi connectivity index (χ1n) is 10.3. The van der Waals surface area contributed by atoms with E-state index in [1.807, 2.05) is 6.07 Å². The molecule has 5 rings (SSSR count). The average Bonchev–Trinajstić information content (AvgIpc) is 3.31. The lowest BCUT2D eigenvalue weighted by molar-refractivity contribution is -0.384. The summed E-state index contributed by atoms with van der Waals surface area (Å²) in [7, 11) is 0. The summed E-state index contributed by atoms with van der Waals surface area (Å²) in [5.74, 6) is -3.47. The maximum atomic E-state index is 13.6. The number of imide groups is 1. The van der Waals surface area contributed by atoms with Crippen LogP contribution in [0.2, 0.25) is 5.02 Å². The van der Waals surface area contributed by atoms with E-state index in [2.05, 4.69) is 0 Å². The zero-order chi connectivity index (χ0) is 24.1. The van der Waals surface area contributed by atoms with Crippen LogP contribution in [-0.4, -0.2) is 39.5 Å². The van der Waals surface area contributed by atoms with E-state index in [0.29, 0.717) is 16.3 Å². The number of nitro benzene ring substituents is 1. The number of Topliss-reactive ketones (excluding diaryl/α,β-unsaturated/α-hetero) is 1. The third-order valence-electron chi connectivity index (χ3n) is 6.37. The highest BCUT2D eigenvalue weighted by atomic mass is 35.5. The molecular formula is C24H15ClN4O5. The summed E-state index contributed by atoms with van der Waals surface area (Å²) >= 11 is 5.94. The quantitative estimate of drug-likeness (QED) is 0.288. The third kappa shape index (κ3) is 3.19. The number of nitro groups is 1. The fourth-order valence-electron chi connectivity index (χ4n) is 4.91. The average molecular weight is 475 g/mol. The van der Waals surface area contributed by atoms with Crippen molar-refractivity contribution in [1.29, 1.82) is 5.26 Å². The van der Waals surface area contributed by atoms with Crippen molar-refractivity contribution >= 4 is 40.6 Å². The molecule has 2 fully saturated rings. The van der Waals surface area contributed by atoms with Crippen LogP contribution in [0.1, 0.15) is 10.4 Å². The lowest BCUT2D eigenvalue weighted by atomic mass is 9.86. The highest BCUT2D eigenvalue weighted by molar-refractivity contribution is 6.31. The number of non-ortho nitro benzene ring substituents is 1. The van der Waals surface area contributed by atoms with Gasteiger partial charge in [-0.25, -0.2) is 4.90 Å². The normalized spacial score (nSPS) is 25.0. The summed E-state index contributed by atoms with van der Waals surface area (Å²) in [6.45, 7) is 0. The van der Waals surface area contributed by atoms with Crippen LogP contribution in [0.15, 0.2) is 72.5 Å². The van der Waals surface area contributed by atoms with E-state index < -0.39 is 46.4 Å². The minimum Gasteiger partial charge on any atom is -0.359 e. The predicted octanol–water partition coefficient (Wildman–Crippen LogP) is 3.27. The number of benzene rings is 2. The highest BCUT2D eigenvalue weighted by Gasteiger charge is 2.63. The number of fused-ring (bicyclic) bond motifs is 3. The zero-order valence-corrected chi connectivity index (χ0v) is 18.1. The molecule has 10 heteroatoms.